The van der Waals surface area contributed by atoms with E-state index in [-0.39, 0.29) is 36.0 Å². The van der Waals surface area contributed by atoms with Gasteiger partial charge >= 0.3 is 35.5 Å². The van der Waals surface area contributed by atoms with Gasteiger partial charge in [-0.25, -0.2) is 0 Å². The molecule has 1 aliphatic rings. The van der Waals surface area contributed by atoms with E-state index >= 15 is 0 Å². The topological polar surface area (TPSA) is 43.8 Å². The number of hydrogen-bond acceptors (Lipinski definition) is 3. The molecule has 1 aromatic carbocycles. The van der Waals surface area contributed by atoms with E-state index in [2.05, 4.69) is 22.9 Å². The molecule has 1 heterocycles. The van der Waals surface area contributed by atoms with E-state index in [9.17, 15) is 4.79 Å². The van der Waals surface area contributed by atoms with Crippen molar-refractivity contribution in [2.75, 3.05) is 38.1 Å². The van der Waals surface area contributed by atoms with E-state index in [1.807, 2.05) is 18.2 Å². The number of nitrogens with zero attached hydrogens (tertiary/aromatic N) is 2. The third-order valence-corrected chi connectivity index (χ3v) is 3.13. The summed E-state index contributed by atoms with van der Waals surface area (Å²) in [6, 6.07) is 7.84. The minimum atomic E-state index is -0.777. The molecule has 1 saturated heterocycles. The number of benzene rings is 1. The second-order valence-electron chi connectivity index (χ2n) is 4.53. The Morgan fingerprint density at radius 2 is 1.94 bits per heavy atom. The van der Waals surface area contributed by atoms with Crippen LogP contribution in [0, 0.1) is 0 Å². The summed E-state index contributed by atoms with van der Waals surface area (Å²) < 4.78 is 0. The standard InChI is InChI=1S/C13H18N2O2.Na.H/c1-14-5-7-15(8-6-14)12-4-2-3-11(9-12)10-13(16)17;;/h2-4,9H,5-8,10H2,1H3,(H,16,17);;. The molecule has 5 heteroatoms. The first-order chi connectivity index (χ1) is 8.15. The molecule has 1 fully saturated rings. The molecule has 94 valence electrons. The second kappa shape index (κ2) is 7.14. The summed E-state index contributed by atoms with van der Waals surface area (Å²) in [6.45, 7) is 4.13. The molecule has 1 aromatic rings. The summed E-state index contributed by atoms with van der Waals surface area (Å²) in [5, 5.41) is 8.78. The fourth-order valence-electron chi connectivity index (χ4n) is 2.10. The Hall–Kier alpha value is -0.550. The van der Waals surface area contributed by atoms with Crippen LogP contribution in [0.2, 0.25) is 0 Å². The van der Waals surface area contributed by atoms with E-state index in [1.165, 1.54) is 0 Å². The van der Waals surface area contributed by atoms with Crippen molar-refractivity contribution in [3.63, 3.8) is 0 Å². The number of carboxylic acid groups (broad SMARTS) is 1. The van der Waals surface area contributed by atoms with Crippen molar-refractivity contribution in [3.8, 4) is 0 Å². The van der Waals surface area contributed by atoms with Gasteiger partial charge in [0, 0.05) is 31.9 Å². The van der Waals surface area contributed by atoms with Crippen LogP contribution in [0.3, 0.4) is 0 Å². The molecule has 0 radical (unpaired) electrons. The molecule has 0 saturated carbocycles. The molecule has 0 spiro atoms. The van der Waals surface area contributed by atoms with Gasteiger partial charge in [-0.15, -0.1) is 0 Å². The van der Waals surface area contributed by atoms with Crippen LogP contribution in [0.15, 0.2) is 24.3 Å². The van der Waals surface area contributed by atoms with E-state index in [4.69, 9.17) is 5.11 Å². The van der Waals surface area contributed by atoms with Crippen LogP contribution < -0.4 is 4.90 Å². The van der Waals surface area contributed by atoms with Gasteiger partial charge in [-0.1, -0.05) is 12.1 Å². The fourth-order valence-corrected chi connectivity index (χ4v) is 2.10. The normalized spacial score (nSPS) is 16.2. The molecule has 0 aromatic heterocycles. The molecule has 0 unspecified atom stereocenters. The summed E-state index contributed by atoms with van der Waals surface area (Å²) in [5.41, 5.74) is 2.01. The van der Waals surface area contributed by atoms with Crippen LogP contribution in [0.25, 0.3) is 0 Å². The van der Waals surface area contributed by atoms with Gasteiger partial charge in [-0.3, -0.25) is 4.79 Å². The van der Waals surface area contributed by atoms with Gasteiger partial charge < -0.3 is 14.9 Å². The number of hydrogen-bond donors (Lipinski definition) is 1. The summed E-state index contributed by atoms with van der Waals surface area (Å²) in [5.74, 6) is -0.777. The summed E-state index contributed by atoms with van der Waals surface area (Å²) in [7, 11) is 2.12. The molecule has 1 N–H and O–H groups in total. The molecular formula is C13H19N2NaO2. The molecule has 18 heavy (non-hydrogen) atoms. The zero-order valence-corrected chi connectivity index (χ0v) is 10.1. The van der Waals surface area contributed by atoms with Crippen molar-refractivity contribution < 1.29 is 9.90 Å². The van der Waals surface area contributed by atoms with Crippen LogP contribution >= 0.6 is 0 Å². The summed E-state index contributed by atoms with van der Waals surface area (Å²) in [6.07, 6.45) is 0.0988. The van der Waals surface area contributed by atoms with Crippen LogP contribution in [-0.2, 0) is 11.2 Å². The van der Waals surface area contributed by atoms with Gasteiger partial charge in [0.15, 0.2) is 0 Å². The van der Waals surface area contributed by atoms with E-state index < -0.39 is 5.97 Å². The number of anilines is 1. The Balaban J connectivity index is 0.00000162. The number of carboxylic acids is 1. The molecule has 1 aliphatic heterocycles. The first kappa shape index (κ1) is 15.5. The SMILES string of the molecule is CN1CCN(c2cccc(CC(=O)O)c2)CC1.[NaH]. The molecule has 0 amide bonds. The monoisotopic (exact) mass is 258 g/mol. The number of aliphatic carboxylic acids is 1. The van der Waals surface area contributed by atoms with Crippen LogP contribution in [-0.4, -0.2) is 78.8 Å². The number of likely N-dealkylation sites (N-methyl/N-ethyl adjacent to an activating group) is 1. The zero-order valence-electron chi connectivity index (χ0n) is 10.1. The first-order valence-electron chi connectivity index (χ1n) is 5.89. The predicted molar refractivity (Wildman–Crippen MR) is 74.6 cm³/mol. The average Bonchev–Trinajstić information content (AvgIpc) is 2.29. The van der Waals surface area contributed by atoms with Gasteiger partial charge in [0.05, 0.1) is 6.42 Å². The maximum atomic E-state index is 10.7. The molecule has 2 rings (SSSR count). The number of piperazine rings is 1. The summed E-state index contributed by atoms with van der Waals surface area (Å²) in [4.78, 5) is 15.3. The van der Waals surface area contributed by atoms with Gasteiger partial charge in [0.1, 0.15) is 0 Å². The predicted octanol–water partition coefficient (Wildman–Crippen LogP) is 0.417. The van der Waals surface area contributed by atoms with Gasteiger partial charge in [-0.2, -0.15) is 0 Å². The number of carbonyl (C=O) groups is 1. The van der Waals surface area contributed by atoms with E-state index in [0.29, 0.717) is 0 Å². The fraction of sp³-hybridized carbons (Fsp3) is 0.462. The third-order valence-electron chi connectivity index (χ3n) is 3.13. The van der Waals surface area contributed by atoms with Crippen molar-refractivity contribution in [2.45, 2.75) is 6.42 Å². The van der Waals surface area contributed by atoms with Crippen molar-refractivity contribution in [2.24, 2.45) is 0 Å². The Morgan fingerprint density at radius 1 is 1.28 bits per heavy atom. The first-order valence-corrected chi connectivity index (χ1v) is 5.89. The summed E-state index contributed by atoms with van der Waals surface area (Å²) >= 11 is 0. The minimum absolute atomic E-state index is 0. The van der Waals surface area contributed by atoms with E-state index in [0.717, 1.165) is 37.4 Å². The van der Waals surface area contributed by atoms with Crippen molar-refractivity contribution in [3.05, 3.63) is 29.8 Å². The van der Waals surface area contributed by atoms with Crippen molar-refractivity contribution in [1.29, 1.82) is 0 Å². The van der Waals surface area contributed by atoms with Crippen molar-refractivity contribution >= 4 is 41.2 Å². The van der Waals surface area contributed by atoms with E-state index in [1.54, 1.807) is 0 Å². The Labute approximate surface area is 130 Å². The zero-order chi connectivity index (χ0) is 12.3. The van der Waals surface area contributed by atoms with Gasteiger partial charge in [0.25, 0.3) is 0 Å². The molecular weight excluding hydrogens is 239 g/mol. The van der Waals surface area contributed by atoms with Crippen LogP contribution in [0.5, 0.6) is 0 Å². The molecule has 0 bridgehead atoms. The molecule has 0 atom stereocenters. The maximum absolute atomic E-state index is 10.7. The Kier molecular flexibility index (Phi) is 6.15. The van der Waals surface area contributed by atoms with Crippen molar-refractivity contribution in [1.82, 2.24) is 4.90 Å². The second-order valence-corrected chi connectivity index (χ2v) is 4.53. The van der Waals surface area contributed by atoms with Crippen LogP contribution in [0.4, 0.5) is 5.69 Å². The third kappa shape index (κ3) is 4.28. The Bertz CT molecular complexity index is 404. The Morgan fingerprint density at radius 3 is 2.56 bits per heavy atom. The van der Waals surface area contributed by atoms with Gasteiger partial charge in [0.2, 0.25) is 0 Å². The number of rotatable bonds is 3. The molecule has 4 nitrogen and oxygen atoms in total. The average molecular weight is 258 g/mol. The van der Waals surface area contributed by atoms with Crippen LogP contribution in [0.1, 0.15) is 5.56 Å². The molecule has 0 aliphatic carbocycles. The van der Waals surface area contributed by atoms with Gasteiger partial charge in [-0.05, 0) is 24.7 Å². The quantitative estimate of drug-likeness (QED) is 0.798.